The van der Waals surface area contributed by atoms with Crippen molar-refractivity contribution in [2.75, 3.05) is 6.54 Å². The normalized spacial score (nSPS) is 12.1. The molecule has 2 atom stereocenters. The molecule has 2 rings (SSSR count). The summed E-state index contributed by atoms with van der Waals surface area (Å²) in [5, 5.41) is 14.7. The summed E-state index contributed by atoms with van der Waals surface area (Å²) in [5.74, 6) is 0.158. The van der Waals surface area contributed by atoms with E-state index in [-0.39, 0.29) is 6.54 Å². The van der Waals surface area contributed by atoms with Gasteiger partial charge in [-0.05, 0) is 44.0 Å². The molecule has 4 N–H and O–H groups in total. The van der Waals surface area contributed by atoms with Gasteiger partial charge < -0.3 is 26.0 Å². The van der Waals surface area contributed by atoms with Gasteiger partial charge in [-0.3, -0.25) is 14.4 Å². The smallest absolute Gasteiger partial charge is 0.408 e. The SMILES string of the molecule is C#Cc1ccc(C(C(=O)NCc2ccccc2)N(CC#N)C(=O)C(CC(N)=O)NC(=O)OC(C)(C)C)cc1. The standard InChI is InChI=1S/C28H31N5O5/c1-5-19-11-13-21(14-12-19)24(25(35)31-18-20-9-7-6-8-10-20)33(16-15-29)26(36)22(17-23(30)34)32-27(37)38-28(2,3)4/h1,6-14,22,24H,16-18H2,2-4H3,(H2,30,34)(H,31,35)(H,32,37). The van der Waals surface area contributed by atoms with Crippen molar-refractivity contribution in [2.24, 2.45) is 5.73 Å². The highest BCUT2D eigenvalue weighted by atomic mass is 16.6. The monoisotopic (exact) mass is 517 g/mol. The van der Waals surface area contributed by atoms with Crippen LogP contribution in [0.3, 0.4) is 0 Å². The molecular weight excluding hydrogens is 486 g/mol. The van der Waals surface area contributed by atoms with Crippen molar-refractivity contribution in [2.45, 2.75) is 51.4 Å². The number of rotatable bonds is 10. The van der Waals surface area contributed by atoms with Crippen LogP contribution in [0.4, 0.5) is 4.79 Å². The van der Waals surface area contributed by atoms with E-state index in [1.165, 1.54) is 0 Å². The van der Waals surface area contributed by atoms with Gasteiger partial charge in [-0.25, -0.2) is 4.79 Å². The van der Waals surface area contributed by atoms with Gasteiger partial charge in [0, 0.05) is 12.1 Å². The second-order valence-electron chi connectivity index (χ2n) is 9.37. The Balaban J connectivity index is 2.46. The number of carbonyl (C=O) groups excluding carboxylic acids is 4. The van der Waals surface area contributed by atoms with Gasteiger partial charge in [-0.2, -0.15) is 5.26 Å². The Morgan fingerprint density at radius 3 is 2.24 bits per heavy atom. The number of nitrogens with one attached hydrogen (secondary N) is 2. The van der Waals surface area contributed by atoms with E-state index in [2.05, 4.69) is 16.6 Å². The molecule has 0 spiro atoms. The van der Waals surface area contributed by atoms with Crippen molar-refractivity contribution in [1.82, 2.24) is 15.5 Å². The first-order chi connectivity index (χ1) is 17.9. The van der Waals surface area contributed by atoms with Crippen molar-refractivity contribution >= 4 is 23.8 Å². The minimum Gasteiger partial charge on any atom is -0.444 e. The zero-order valence-corrected chi connectivity index (χ0v) is 21.6. The highest BCUT2D eigenvalue weighted by Crippen LogP contribution is 2.24. The molecule has 198 valence electrons. The fourth-order valence-corrected chi connectivity index (χ4v) is 3.54. The molecule has 0 radical (unpaired) electrons. The van der Waals surface area contributed by atoms with Crippen LogP contribution in [-0.2, 0) is 25.7 Å². The molecule has 0 fully saturated rings. The summed E-state index contributed by atoms with van der Waals surface area (Å²) in [6.45, 7) is 4.53. The maximum Gasteiger partial charge on any atom is 0.408 e. The van der Waals surface area contributed by atoms with Crippen molar-refractivity contribution < 1.29 is 23.9 Å². The third-order valence-electron chi connectivity index (χ3n) is 5.18. The molecule has 0 aromatic heterocycles. The predicted octanol–water partition coefficient (Wildman–Crippen LogP) is 2.15. The van der Waals surface area contributed by atoms with Gasteiger partial charge in [0.25, 0.3) is 0 Å². The molecular formula is C28H31N5O5. The van der Waals surface area contributed by atoms with E-state index < -0.39 is 54.5 Å². The third kappa shape index (κ3) is 8.99. The highest BCUT2D eigenvalue weighted by molar-refractivity contribution is 5.94. The maximum atomic E-state index is 13.7. The highest BCUT2D eigenvalue weighted by Gasteiger charge is 2.37. The van der Waals surface area contributed by atoms with E-state index >= 15 is 0 Å². The molecule has 38 heavy (non-hydrogen) atoms. The molecule has 10 nitrogen and oxygen atoms in total. The lowest BCUT2D eigenvalue weighted by atomic mass is 10.0. The number of carbonyl (C=O) groups is 4. The largest absolute Gasteiger partial charge is 0.444 e. The molecule has 0 aliphatic heterocycles. The second-order valence-corrected chi connectivity index (χ2v) is 9.37. The van der Waals surface area contributed by atoms with Crippen LogP contribution < -0.4 is 16.4 Å². The number of primary amides is 1. The number of nitrogens with zero attached hydrogens (tertiary/aromatic N) is 2. The Hall–Kier alpha value is -4.83. The Kier molecular flexibility index (Phi) is 10.4. The van der Waals surface area contributed by atoms with Crippen LogP contribution in [0, 0.1) is 23.7 Å². The second kappa shape index (κ2) is 13.5. The molecule has 0 saturated heterocycles. The van der Waals surface area contributed by atoms with Crippen LogP contribution in [0.2, 0.25) is 0 Å². The molecule has 2 unspecified atom stereocenters. The van der Waals surface area contributed by atoms with E-state index in [1.807, 2.05) is 36.4 Å². The zero-order chi connectivity index (χ0) is 28.3. The summed E-state index contributed by atoms with van der Waals surface area (Å²) in [5.41, 5.74) is 6.19. The summed E-state index contributed by atoms with van der Waals surface area (Å²) in [4.78, 5) is 52.3. The number of amides is 4. The Morgan fingerprint density at radius 2 is 1.71 bits per heavy atom. The average Bonchev–Trinajstić information content (AvgIpc) is 2.86. The van der Waals surface area contributed by atoms with Crippen molar-refractivity contribution in [1.29, 1.82) is 5.26 Å². The average molecular weight is 518 g/mol. The van der Waals surface area contributed by atoms with Crippen molar-refractivity contribution in [3.63, 3.8) is 0 Å². The summed E-state index contributed by atoms with van der Waals surface area (Å²) in [6, 6.07) is 14.6. The summed E-state index contributed by atoms with van der Waals surface area (Å²) in [7, 11) is 0. The van der Waals surface area contributed by atoms with Gasteiger partial charge in [0.2, 0.25) is 17.7 Å². The van der Waals surface area contributed by atoms with Gasteiger partial charge in [0.1, 0.15) is 24.2 Å². The fraction of sp³-hybridized carbons (Fsp3) is 0.321. The lowest BCUT2D eigenvalue weighted by Gasteiger charge is -2.32. The number of nitriles is 1. The Bertz CT molecular complexity index is 1220. The van der Waals surface area contributed by atoms with Crippen molar-refractivity contribution in [3.05, 3.63) is 71.3 Å². The fourth-order valence-electron chi connectivity index (χ4n) is 3.54. The minimum atomic E-state index is -1.48. The molecule has 10 heteroatoms. The van der Waals surface area contributed by atoms with E-state index in [0.29, 0.717) is 11.1 Å². The number of ether oxygens (including phenoxy) is 1. The van der Waals surface area contributed by atoms with E-state index in [4.69, 9.17) is 16.9 Å². The van der Waals surface area contributed by atoms with Crippen LogP contribution in [0.15, 0.2) is 54.6 Å². The molecule has 0 aliphatic carbocycles. The first kappa shape index (κ1) is 29.4. The Morgan fingerprint density at radius 1 is 1.08 bits per heavy atom. The molecule has 2 aromatic carbocycles. The van der Waals surface area contributed by atoms with Gasteiger partial charge in [-0.1, -0.05) is 48.4 Å². The molecule has 2 aromatic rings. The number of terminal acetylenes is 1. The lowest BCUT2D eigenvalue weighted by molar-refractivity contribution is -0.142. The summed E-state index contributed by atoms with van der Waals surface area (Å²) >= 11 is 0. The first-order valence-electron chi connectivity index (χ1n) is 11.8. The van der Waals surface area contributed by atoms with E-state index in [0.717, 1.165) is 10.5 Å². The predicted molar refractivity (Wildman–Crippen MR) is 140 cm³/mol. The maximum absolute atomic E-state index is 13.7. The lowest BCUT2D eigenvalue weighted by Crippen LogP contribution is -2.54. The Labute approximate surface area is 222 Å². The minimum absolute atomic E-state index is 0.161. The summed E-state index contributed by atoms with van der Waals surface area (Å²) in [6.07, 6.45) is 3.91. The van der Waals surface area contributed by atoms with Crippen LogP contribution in [0.5, 0.6) is 0 Å². The zero-order valence-electron chi connectivity index (χ0n) is 21.6. The molecule has 0 bridgehead atoms. The van der Waals surface area contributed by atoms with Gasteiger partial charge in [-0.15, -0.1) is 6.42 Å². The van der Waals surface area contributed by atoms with E-state index in [1.54, 1.807) is 45.0 Å². The van der Waals surface area contributed by atoms with Crippen LogP contribution in [0.1, 0.15) is 49.9 Å². The third-order valence-corrected chi connectivity index (χ3v) is 5.18. The van der Waals surface area contributed by atoms with Crippen LogP contribution in [0.25, 0.3) is 0 Å². The molecule has 0 heterocycles. The number of benzene rings is 2. The quantitative estimate of drug-likeness (QED) is 0.324. The van der Waals surface area contributed by atoms with Gasteiger partial charge >= 0.3 is 6.09 Å². The van der Waals surface area contributed by atoms with Gasteiger partial charge in [0.15, 0.2) is 0 Å². The first-order valence-corrected chi connectivity index (χ1v) is 11.8. The van der Waals surface area contributed by atoms with E-state index in [9.17, 15) is 24.4 Å². The molecule has 0 saturated carbocycles. The number of nitrogens with two attached hydrogens (primary N) is 1. The van der Waals surface area contributed by atoms with Gasteiger partial charge in [0.05, 0.1) is 12.5 Å². The molecule has 0 aliphatic rings. The van der Waals surface area contributed by atoms with Crippen LogP contribution >= 0.6 is 0 Å². The van der Waals surface area contributed by atoms with Crippen LogP contribution in [-0.4, -0.2) is 46.9 Å². The molecule has 4 amide bonds. The number of alkyl carbamates (subject to hydrolysis) is 1. The number of hydrogen-bond donors (Lipinski definition) is 3. The summed E-state index contributed by atoms with van der Waals surface area (Å²) < 4.78 is 5.21. The van der Waals surface area contributed by atoms with Crippen molar-refractivity contribution in [3.8, 4) is 18.4 Å². The number of hydrogen-bond acceptors (Lipinski definition) is 6. The topological polar surface area (TPSA) is 155 Å².